The molecule has 2 heterocycles. The van der Waals surface area contributed by atoms with E-state index in [4.69, 9.17) is 0 Å². The van der Waals surface area contributed by atoms with Crippen LogP contribution in [0.2, 0.25) is 0 Å². The van der Waals surface area contributed by atoms with Crippen molar-refractivity contribution in [3.63, 3.8) is 0 Å². The second-order valence-electron chi connectivity index (χ2n) is 4.72. The number of nitrogens with one attached hydrogen (secondary N) is 1. The molecular weight excluding hydrogens is 248 g/mol. The van der Waals surface area contributed by atoms with Crippen molar-refractivity contribution in [1.82, 2.24) is 20.3 Å². The number of pyridine rings is 1. The van der Waals surface area contributed by atoms with E-state index in [1.165, 1.54) is 5.56 Å². The Morgan fingerprint density at radius 2 is 2.00 bits per heavy atom. The Labute approximate surface area is 117 Å². The number of hydrogen-bond acceptors (Lipinski definition) is 4. The van der Waals surface area contributed by atoms with Gasteiger partial charge in [0.2, 0.25) is 0 Å². The molecule has 0 fully saturated rings. The Kier molecular flexibility index (Phi) is 3.39. The highest BCUT2D eigenvalue weighted by atomic mass is 14.9. The molecule has 4 nitrogen and oxygen atoms in total. The second kappa shape index (κ2) is 5.35. The van der Waals surface area contributed by atoms with Gasteiger partial charge in [0.25, 0.3) is 0 Å². The lowest BCUT2D eigenvalue weighted by atomic mass is 9.99. The molecular formula is C16H16N4. The van der Waals surface area contributed by atoms with Crippen molar-refractivity contribution in [3.05, 3.63) is 65.9 Å². The van der Waals surface area contributed by atoms with E-state index < -0.39 is 0 Å². The van der Waals surface area contributed by atoms with E-state index >= 15 is 0 Å². The van der Waals surface area contributed by atoms with Gasteiger partial charge in [0, 0.05) is 23.5 Å². The number of fused-ring (bicyclic) bond motifs is 1. The molecule has 0 amide bonds. The lowest BCUT2D eigenvalue weighted by molar-refractivity contribution is 0.670. The third-order valence-corrected chi connectivity index (χ3v) is 3.35. The van der Waals surface area contributed by atoms with Crippen LogP contribution in [0.3, 0.4) is 0 Å². The third-order valence-electron chi connectivity index (χ3n) is 3.35. The number of rotatable bonds is 3. The van der Waals surface area contributed by atoms with E-state index in [1.807, 2.05) is 32.2 Å². The molecule has 0 spiro atoms. The van der Waals surface area contributed by atoms with Crippen LogP contribution < -0.4 is 5.32 Å². The predicted molar refractivity (Wildman–Crippen MR) is 79.4 cm³/mol. The molecule has 4 heteroatoms. The number of aromatic nitrogens is 3. The number of aryl methyl sites for hydroxylation is 1. The first kappa shape index (κ1) is 12.7. The number of para-hydroxylation sites is 1. The van der Waals surface area contributed by atoms with E-state index in [-0.39, 0.29) is 6.04 Å². The summed E-state index contributed by atoms with van der Waals surface area (Å²) in [4.78, 5) is 13.2. The van der Waals surface area contributed by atoms with Crippen LogP contribution in [0.15, 0.2) is 48.9 Å². The topological polar surface area (TPSA) is 50.7 Å². The highest BCUT2D eigenvalue weighted by molar-refractivity contribution is 5.83. The summed E-state index contributed by atoms with van der Waals surface area (Å²) in [6.07, 6.45) is 5.20. The Bertz CT molecular complexity index is 725. The van der Waals surface area contributed by atoms with Gasteiger partial charge in [-0.05, 0) is 31.7 Å². The summed E-state index contributed by atoms with van der Waals surface area (Å²) in [5.74, 6) is 0. The second-order valence-corrected chi connectivity index (χ2v) is 4.72. The summed E-state index contributed by atoms with van der Waals surface area (Å²) in [6.45, 7) is 2.01. The van der Waals surface area contributed by atoms with Crippen molar-refractivity contribution in [2.24, 2.45) is 0 Å². The monoisotopic (exact) mass is 264 g/mol. The molecule has 1 unspecified atom stereocenters. The maximum Gasteiger partial charge on any atom is 0.0801 e. The number of benzene rings is 1. The molecule has 100 valence electrons. The number of hydrogen-bond donors (Lipinski definition) is 1. The molecule has 3 rings (SSSR count). The molecule has 0 aliphatic heterocycles. The Hall–Kier alpha value is -2.33. The highest BCUT2D eigenvalue weighted by Crippen LogP contribution is 2.27. The van der Waals surface area contributed by atoms with Gasteiger partial charge in [-0.25, -0.2) is 0 Å². The summed E-state index contributed by atoms with van der Waals surface area (Å²) in [5.41, 5.74) is 4.09. The zero-order valence-corrected chi connectivity index (χ0v) is 11.5. The lowest BCUT2D eigenvalue weighted by Gasteiger charge is -2.18. The maximum absolute atomic E-state index is 4.58. The Morgan fingerprint density at radius 1 is 1.15 bits per heavy atom. The molecule has 0 aliphatic carbocycles. The SMILES string of the molecule is CNC(c1cnccn1)c1cc(C)nc2ccccc12. The first-order chi connectivity index (χ1) is 9.79. The van der Waals surface area contributed by atoms with E-state index in [9.17, 15) is 0 Å². The molecule has 0 bridgehead atoms. The van der Waals surface area contributed by atoms with Crippen LogP contribution in [0.4, 0.5) is 0 Å². The van der Waals surface area contributed by atoms with Gasteiger partial charge in [0.15, 0.2) is 0 Å². The van der Waals surface area contributed by atoms with Gasteiger partial charge >= 0.3 is 0 Å². The van der Waals surface area contributed by atoms with E-state index in [0.717, 1.165) is 22.3 Å². The zero-order valence-electron chi connectivity index (χ0n) is 11.5. The molecule has 0 saturated carbocycles. The first-order valence-electron chi connectivity index (χ1n) is 6.59. The molecule has 20 heavy (non-hydrogen) atoms. The zero-order chi connectivity index (χ0) is 13.9. The largest absolute Gasteiger partial charge is 0.308 e. The summed E-state index contributed by atoms with van der Waals surface area (Å²) >= 11 is 0. The summed E-state index contributed by atoms with van der Waals surface area (Å²) in [6, 6.07) is 10.3. The van der Waals surface area contributed by atoms with Crippen LogP contribution in [0.5, 0.6) is 0 Å². The summed E-state index contributed by atoms with van der Waals surface area (Å²) in [7, 11) is 1.93. The normalized spacial score (nSPS) is 12.5. The van der Waals surface area contributed by atoms with Crippen molar-refractivity contribution in [2.75, 3.05) is 7.05 Å². The van der Waals surface area contributed by atoms with Crippen LogP contribution in [0, 0.1) is 6.92 Å². The fourth-order valence-electron chi connectivity index (χ4n) is 2.50. The molecule has 1 aromatic carbocycles. The average molecular weight is 264 g/mol. The molecule has 2 aromatic heterocycles. The Balaban J connectivity index is 2.22. The highest BCUT2D eigenvalue weighted by Gasteiger charge is 2.17. The molecule has 0 aliphatic rings. The minimum Gasteiger partial charge on any atom is -0.308 e. The van der Waals surface area contributed by atoms with Crippen molar-refractivity contribution >= 4 is 10.9 Å². The molecule has 0 saturated heterocycles. The van der Waals surface area contributed by atoms with Crippen molar-refractivity contribution in [3.8, 4) is 0 Å². The van der Waals surface area contributed by atoms with Crippen molar-refractivity contribution in [2.45, 2.75) is 13.0 Å². The lowest BCUT2D eigenvalue weighted by Crippen LogP contribution is -2.19. The Morgan fingerprint density at radius 3 is 2.75 bits per heavy atom. The van der Waals surface area contributed by atoms with Crippen LogP contribution in [-0.2, 0) is 0 Å². The molecule has 1 atom stereocenters. The van der Waals surface area contributed by atoms with E-state index in [1.54, 1.807) is 18.6 Å². The van der Waals surface area contributed by atoms with Gasteiger partial charge in [-0.2, -0.15) is 0 Å². The molecule has 0 radical (unpaired) electrons. The minimum absolute atomic E-state index is 0.00954. The van der Waals surface area contributed by atoms with Crippen LogP contribution >= 0.6 is 0 Å². The smallest absolute Gasteiger partial charge is 0.0801 e. The predicted octanol–water partition coefficient (Wildman–Crippen LogP) is 2.64. The van der Waals surface area contributed by atoms with Gasteiger partial charge in [0.05, 0.1) is 23.4 Å². The standard InChI is InChI=1S/C16H16N4/c1-11-9-13(12-5-3-4-6-14(12)20-11)16(17-2)15-10-18-7-8-19-15/h3-10,16-17H,1-2H3. The van der Waals surface area contributed by atoms with Crippen molar-refractivity contribution < 1.29 is 0 Å². The van der Waals surface area contributed by atoms with Crippen LogP contribution in [0.25, 0.3) is 10.9 Å². The van der Waals surface area contributed by atoms with Gasteiger partial charge < -0.3 is 5.32 Å². The van der Waals surface area contributed by atoms with Crippen LogP contribution in [-0.4, -0.2) is 22.0 Å². The fourth-order valence-corrected chi connectivity index (χ4v) is 2.50. The minimum atomic E-state index is 0.00954. The first-order valence-corrected chi connectivity index (χ1v) is 6.59. The number of nitrogens with zero attached hydrogens (tertiary/aromatic N) is 3. The summed E-state index contributed by atoms with van der Waals surface area (Å²) in [5, 5.41) is 4.47. The summed E-state index contributed by atoms with van der Waals surface area (Å²) < 4.78 is 0. The quantitative estimate of drug-likeness (QED) is 0.790. The van der Waals surface area contributed by atoms with Gasteiger partial charge in [-0.15, -0.1) is 0 Å². The third kappa shape index (κ3) is 2.26. The fraction of sp³-hybridized carbons (Fsp3) is 0.188. The van der Waals surface area contributed by atoms with Gasteiger partial charge in [-0.3, -0.25) is 15.0 Å². The van der Waals surface area contributed by atoms with E-state index in [2.05, 4.69) is 32.4 Å². The van der Waals surface area contributed by atoms with Crippen LogP contribution in [0.1, 0.15) is 23.0 Å². The molecule has 1 N–H and O–H groups in total. The van der Waals surface area contributed by atoms with Crippen molar-refractivity contribution in [1.29, 1.82) is 0 Å². The van der Waals surface area contributed by atoms with Gasteiger partial charge in [-0.1, -0.05) is 18.2 Å². The van der Waals surface area contributed by atoms with E-state index in [0.29, 0.717) is 0 Å². The molecule has 3 aromatic rings. The maximum atomic E-state index is 4.58. The van der Waals surface area contributed by atoms with Gasteiger partial charge in [0.1, 0.15) is 0 Å². The average Bonchev–Trinajstić information content (AvgIpc) is 2.49.